The third-order valence-corrected chi connectivity index (χ3v) is 4.50. The zero-order valence-corrected chi connectivity index (χ0v) is 16.8. The molecule has 0 spiro atoms. The molecule has 1 amide bonds. The van der Waals surface area contributed by atoms with Gasteiger partial charge in [-0.15, -0.1) is 0 Å². The van der Waals surface area contributed by atoms with Crippen LogP contribution in [-0.2, 0) is 11.2 Å². The Morgan fingerprint density at radius 3 is 2.56 bits per heavy atom. The molecule has 4 rings (SSSR count). The van der Waals surface area contributed by atoms with Crippen molar-refractivity contribution in [2.75, 3.05) is 5.32 Å². The lowest BCUT2D eigenvalue weighted by Gasteiger charge is -2.06. The first-order valence-electron chi connectivity index (χ1n) is 9.80. The summed E-state index contributed by atoms with van der Waals surface area (Å²) in [7, 11) is 0. The molecule has 4 aromatic rings. The van der Waals surface area contributed by atoms with Gasteiger partial charge in [0.2, 0.25) is 0 Å². The van der Waals surface area contributed by atoms with Crippen molar-refractivity contribution in [2.45, 2.75) is 12.8 Å². The number of aryl methyl sites for hydroxylation is 1. The lowest BCUT2D eigenvalue weighted by Crippen LogP contribution is -2.12. The number of carbonyl (C=O) groups is 2. The number of rotatable bonds is 7. The fourth-order valence-corrected chi connectivity index (χ4v) is 2.92. The molecule has 0 unspecified atom stereocenters. The molecule has 0 aliphatic carbocycles. The van der Waals surface area contributed by atoms with Crippen LogP contribution in [0.15, 0.2) is 83.7 Å². The van der Waals surface area contributed by atoms with E-state index in [1.54, 1.807) is 54.9 Å². The van der Waals surface area contributed by atoms with Gasteiger partial charge in [0.1, 0.15) is 11.6 Å². The van der Waals surface area contributed by atoms with Crippen molar-refractivity contribution in [1.29, 1.82) is 0 Å². The molecular weight excluding hydrogens is 413 g/mol. The summed E-state index contributed by atoms with van der Waals surface area (Å²) >= 11 is 0. The molecule has 2 heterocycles. The van der Waals surface area contributed by atoms with Gasteiger partial charge in [0.25, 0.3) is 5.91 Å². The van der Waals surface area contributed by atoms with Gasteiger partial charge in [0, 0.05) is 18.2 Å². The Labute approximate surface area is 182 Å². The third kappa shape index (κ3) is 5.23. The molecule has 8 heteroatoms. The van der Waals surface area contributed by atoms with E-state index < -0.39 is 11.8 Å². The first kappa shape index (κ1) is 20.9. The summed E-state index contributed by atoms with van der Waals surface area (Å²) in [6.45, 7) is 0. The predicted molar refractivity (Wildman–Crippen MR) is 114 cm³/mol. The van der Waals surface area contributed by atoms with Crippen LogP contribution in [0.3, 0.4) is 0 Å². The summed E-state index contributed by atoms with van der Waals surface area (Å²) in [5.41, 5.74) is 1.30. The highest BCUT2D eigenvalue weighted by molar-refractivity contribution is 6.04. The quantitative estimate of drug-likeness (QED) is 0.338. The molecule has 0 aliphatic heterocycles. The van der Waals surface area contributed by atoms with E-state index in [4.69, 9.17) is 9.15 Å². The summed E-state index contributed by atoms with van der Waals surface area (Å²) in [5, 5.41) is 2.72. The van der Waals surface area contributed by atoms with E-state index in [1.807, 2.05) is 0 Å². The van der Waals surface area contributed by atoms with Crippen LogP contribution in [0.4, 0.5) is 10.1 Å². The van der Waals surface area contributed by atoms with Crippen molar-refractivity contribution < 1.29 is 23.1 Å². The number of halogens is 1. The minimum atomic E-state index is -0.483. The number of benzene rings is 2. The van der Waals surface area contributed by atoms with Crippen LogP contribution in [0.2, 0.25) is 0 Å². The van der Waals surface area contributed by atoms with Crippen molar-refractivity contribution >= 4 is 17.6 Å². The highest BCUT2D eigenvalue weighted by Crippen LogP contribution is 2.23. The number of anilines is 1. The predicted octanol–water partition coefficient (Wildman–Crippen LogP) is 4.67. The minimum Gasteiger partial charge on any atom is -0.441 e. The van der Waals surface area contributed by atoms with Crippen LogP contribution in [0.5, 0.6) is 5.75 Å². The normalized spacial score (nSPS) is 10.5. The number of hydrogen-bond donors (Lipinski definition) is 1. The van der Waals surface area contributed by atoms with Crippen LogP contribution < -0.4 is 10.1 Å². The molecule has 1 N–H and O–H groups in total. The molecule has 0 bridgehead atoms. The third-order valence-electron chi connectivity index (χ3n) is 4.50. The number of aromatic nitrogens is 2. The summed E-state index contributed by atoms with van der Waals surface area (Å²) in [4.78, 5) is 32.4. The molecule has 0 radical (unpaired) electrons. The lowest BCUT2D eigenvalue weighted by atomic mass is 10.2. The Morgan fingerprint density at radius 1 is 1.00 bits per heavy atom. The monoisotopic (exact) mass is 431 g/mol. The Balaban J connectivity index is 1.29. The molecule has 32 heavy (non-hydrogen) atoms. The van der Waals surface area contributed by atoms with Gasteiger partial charge in [-0.2, -0.15) is 0 Å². The molecule has 2 aromatic carbocycles. The molecular formula is C24H18FN3O4. The molecule has 7 nitrogen and oxygen atoms in total. The highest BCUT2D eigenvalue weighted by Gasteiger charge is 2.13. The van der Waals surface area contributed by atoms with Crippen molar-refractivity contribution in [1.82, 2.24) is 9.97 Å². The molecule has 0 saturated heterocycles. The number of oxazole rings is 1. The number of amides is 1. The number of carbonyl (C=O) groups excluding carboxylic acids is 2. The van der Waals surface area contributed by atoms with Gasteiger partial charge in [-0.05, 0) is 48.5 Å². The number of hydrogen-bond acceptors (Lipinski definition) is 6. The average Bonchev–Trinajstić information content (AvgIpc) is 3.28. The zero-order chi connectivity index (χ0) is 22.3. The first-order valence-corrected chi connectivity index (χ1v) is 9.80. The number of pyridine rings is 1. The topological polar surface area (TPSA) is 94.3 Å². The van der Waals surface area contributed by atoms with Crippen LogP contribution in [-0.4, -0.2) is 21.8 Å². The van der Waals surface area contributed by atoms with Crippen molar-refractivity contribution in [3.8, 4) is 17.1 Å². The largest absolute Gasteiger partial charge is 0.441 e. The minimum absolute atomic E-state index is 0.0282. The summed E-state index contributed by atoms with van der Waals surface area (Å²) in [6.07, 6.45) is 4.82. The maximum Gasteiger partial charge on any atom is 0.311 e. The fourth-order valence-electron chi connectivity index (χ4n) is 2.92. The second kappa shape index (κ2) is 9.65. The maximum absolute atomic E-state index is 13.8. The van der Waals surface area contributed by atoms with Gasteiger partial charge in [-0.25, -0.2) is 9.37 Å². The van der Waals surface area contributed by atoms with Gasteiger partial charge >= 0.3 is 5.97 Å². The van der Waals surface area contributed by atoms with Crippen molar-refractivity contribution in [2.24, 2.45) is 0 Å². The van der Waals surface area contributed by atoms with Crippen LogP contribution in [0, 0.1) is 5.82 Å². The molecule has 0 atom stereocenters. The van der Waals surface area contributed by atoms with Gasteiger partial charge in [-0.3, -0.25) is 14.6 Å². The van der Waals surface area contributed by atoms with Gasteiger partial charge in [0.15, 0.2) is 11.7 Å². The lowest BCUT2D eigenvalue weighted by molar-refractivity contribution is -0.134. The van der Waals surface area contributed by atoms with Crippen molar-refractivity contribution in [3.05, 3.63) is 96.5 Å². The summed E-state index contributed by atoms with van der Waals surface area (Å²) < 4.78 is 24.7. The number of nitrogens with zero attached hydrogens (tertiary/aromatic N) is 2. The SMILES string of the molecule is O=C(CCc1ncc(-c2ccccc2F)o1)Oc1ccc(C(=O)Nc2cccnc2)cc1. The Hall–Kier alpha value is -4.33. The molecule has 0 saturated carbocycles. The second-order valence-corrected chi connectivity index (χ2v) is 6.79. The summed E-state index contributed by atoms with van der Waals surface area (Å²) in [6, 6.07) is 15.9. The Bertz CT molecular complexity index is 1220. The molecule has 0 aliphatic rings. The average molecular weight is 431 g/mol. The second-order valence-electron chi connectivity index (χ2n) is 6.79. The van der Waals surface area contributed by atoms with E-state index in [1.165, 1.54) is 24.4 Å². The number of nitrogens with one attached hydrogen (secondary N) is 1. The maximum atomic E-state index is 13.8. The van der Waals surface area contributed by atoms with E-state index in [-0.39, 0.29) is 18.7 Å². The molecule has 2 aromatic heterocycles. The smallest absolute Gasteiger partial charge is 0.311 e. The zero-order valence-electron chi connectivity index (χ0n) is 16.8. The molecule has 0 fully saturated rings. The fraction of sp³-hybridized carbons (Fsp3) is 0.0833. The number of ether oxygens (including phenoxy) is 1. The first-order chi connectivity index (χ1) is 15.6. The van der Waals surface area contributed by atoms with Gasteiger partial charge < -0.3 is 14.5 Å². The van der Waals surface area contributed by atoms with Crippen molar-refractivity contribution in [3.63, 3.8) is 0 Å². The number of esters is 1. The summed E-state index contributed by atoms with van der Waals surface area (Å²) in [5.74, 6) is -0.276. The van der Waals surface area contributed by atoms with E-state index in [0.29, 0.717) is 34.2 Å². The van der Waals surface area contributed by atoms with E-state index in [9.17, 15) is 14.0 Å². The van der Waals surface area contributed by atoms with Gasteiger partial charge in [-0.1, -0.05) is 12.1 Å². The van der Waals surface area contributed by atoms with E-state index in [2.05, 4.69) is 15.3 Å². The van der Waals surface area contributed by atoms with E-state index >= 15 is 0 Å². The molecule has 160 valence electrons. The van der Waals surface area contributed by atoms with Gasteiger partial charge in [0.05, 0.1) is 30.1 Å². The van der Waals surface area contributed by atoms with Crippen LogP contribution in [0.1, 0.15) is 22.7 Å². The highest BCUT2D eigenvalue weighted by atomic mass is 19.1. The standard InChI is InChI=1S/C24H18FN3O4/c25-20-6-2-1-5-19(20)21-15-27-22(32-21)11-12-23(29)31-18-9-7-16(8-10-18)24(30)28-17-4-3-13-26-14-17/h1-10,13-15H,11-12H2,(H,28,30). The Kier molecular flexibility index (Phi) is 6.31. The Morgan fingerprint density at radius 2 is 1.81 bits per heavy atom. The van der Waals surface area contributed by atoms with E-state index in [0.717, 1.165) is 0 Å². The van der Waals surface area contributed by atoms with Crippen LogP contribution >= 0.6 is 0 Å². The van der Waals surface area contributed by atoms with Crippen LogP contribution in [0.25, 0.3) is 11.3 Å².